The molecule has 2 nitrogen and oxygen atoms in total. The molecule has 0 spiro atoms. The Bertz CT molecular complexity index is 347. The van der Waals surface area contributed by atoms with E-state index >= 15 is 0 Å². The van der Waals surface area contributed by atoms with Crippen LogP contribution in [0.1, 0.15) is 31.4 Å². The van der Waals surface area contributed by atoms with Crippen LogP contribution in [-0.4, -0.2) is 13.2 Å². The van der Waals surface area contributed by atoms with Crippen molar-refractivity contribution in [1.29, 1.82) is 0 Å². The highest BCUT2D eigenvalue weighted by Gasteiger charge is 2.13. The second kappa shape index (κ2) is 5.35. The van der Waals surface area contributed by atoms with Crippen molar-refractivity contribution in [3.63, 3.8) is 0 Å². The summed E-state index contributed by atoms with van der Waals surface area (Å²) in [5.41, 5.74) is 2.67. The summed E-state index contributed by atoms with van der Waals surface area (Å²) in [6, 6.07) is 6.48. The Morgan fingerprint density at radius 3 is 3.06 bits per heavy atom. The van der Waals surface area contributed by atoms with Crippen LogP contribution in [0.4, 0.5) is 0 Å². The number of fused-ring (bicyclic) bond motifs is 1. The highest BCUT2D eigenvalue weighted by molar-refractivity contribution is 5.42. The third-order valence-corrected chi connectivity index (χ3v) is 2.88. The number of aryl methyl sites for hydroxylation is 1. The molecule has 0 amide bonds. The van der Waals surface area contributed by atoms with E-state index < -0.39 is 0 Å². The van der Waals surface area contributed by atoms with E-state index in [1.807, 2.05) is 0 Å². The highest BCUT2D eigenvalue weighted by atomic mass is 16.5. The number of ether oxygens (including phenoxy) is 1. The fraction of sp³-hybridized carbons (Fsp3) is 0.571. The molecule has 2 rings (SSSR count). The predicted molar refractivity (Wildman–Crippen MR) is 66.8 cm³/mol. The Balaban J connectivity index is 2.03. The molecular formula is C14H21NO. The Kier molecular flexibility index (Phi) is 3.83. The summed E-state index contributed by atoms with van der Waals surface area (Å²) < 4.78 is 5.77. The Labute approximate surface area is 98.0 Å². The Morgan fingerprint density at radius 1 is 1.38 bits per heavy atom. The molecule has 88 valence electrons. The largest absolute Gasteiger partial charge is 0.493 e. The number of hydrogen-bond donors (Lipinski definition) is 1. The molecule has 0 aromatic heterocycles. The van der Waals surface area contributed by atoms with Gasteiger partial charge in [0.05, 0.1) is 6.61 Å². The summed E-state index contributed by atoms with van der Waals surface area (Å²) in [6.07, 6.45) is 2.31. The topological polar surface area (TPSA) is 21.3 Å². The number of rotatable bonds is 4. The maximum absolute atomic E-state index is 5.77. The van der Waals surface area contributed by atoms with Crippen molar-refractivity contribution in [2.45, 2.75) is 33.2 Å². The van der Waals surface area contributed by atoms with E-state index in [0.717, 1.165) is 38.3 Å². The first-order valence-corrected chi connectivity index (χ1v) is 6.21. The molecule has 0 saturated carbocycles. The standard InChI is InChI=1S/C14H21NO/c1-11(2)9-15-10-13-6-3-5-12-7-4-8-16-14(12)13/h3,5-6,11,15H,4,7-10H2,1-2H3. The van der Waals surface area contributed by atoms with Crippen LogP contribution in [0, 0.1) is 5.92 Å². The zero-order chi connectivity index (χ0) is 11.4. The van der Waals surface area contributed by atoms with Gasteiger partial charge in [-0.2, -0.15) is 0 Å². The van der Waals surface area contributed by atoms with E-state index in [1.165, 1.54) is 11.1 Å². The number of nitrogens with one attached hydrogen (secondary N) is 1. The van der Waals surface area contributed by atoms with Gasteiger partial charge in [-0.25, -0.2) is 0 Å². The molecule has 1 N–H and O–H groups in total. The molecule has 0 fully saturated rings. The SMILES string of the molecule is CC(C)CNCc1cccc2c1OCCC2. The lowest BCUT2D eigenvalue weighted by atomic mass is 10.0. The fourth-order valence-electron chi connectivity index (χ4n) is 2.09. The number of hydrogen-bond acceptors (Lipinski definition) is 2. The lowest BCUT2D eigenvalue weighted by Crippen LogP contribution is -2.20. The maximum Gasteiger partial charge on any atom is 0.126 e. The average Bonchev–Trinajstić information content (AvgIpc) is 2.29. The summed E-state index contributed by atoms with van der Waals surface area (Å²) in [7, 11) is 0. The summed E-state index contributed by atoms with van der Waals surface area (Å²) in [5, 5.41) is 3.47. The van der Waals surface area contributed by atoms with Crippen LogP contribution in [-0.2, 0) is 13.0 Å². The van der Waals surface area contributed by atoms with Gasteiger partial charge < -0.3 is 10.1 Å². The lowest BCUT2D eigenvalue weighted by Gasteiger charge is -2.20. The molecule has 1 aromatic rings. The van der Waals surface area contributed by atoms with E-state index in [0.29, 0.717) is 5.92 Å². The molecule has 0 atom stereocenters. The van der Waals surface area contributed by atoms with Crippen LogP contribution in [0.15, 0.2) is 18.2 Å². The summed E-state index contributed by atoms with van der Waals surface area (Å²) in [6.45, 7) is 7.30. The first-order chi connectivity index (χ1) is 7.77. The van der Waals surface area contributed by atoms with Crippen LogP contribution >= 0.6 is 0 Å². The van der Waals surface area contributed by atoms with Crippen molar-refractivity contribution >= 4 is 0 Å². The molecule has 1 heterocycles. The monoisotopic (exact) mass is 219 g/mol. The summed E-state index contributed by atoms with van der Waals surface area (Å²) in [4.78, 5) is 0. The first kappa shape index (κ1) is 11.5. The zero-order valence-electron chi connectivity index (χ0n) is 10.3. The van der Waals surface area contributed by atoms with Crippen molar-refractivity contribution < 1.29 is 4.74 Å². The third kappa shape index (κ3) is 2.76. The van der Waals surface area contributed by atoms with Crippen molar-refractivity contribution in [2.24, 2.45) is 5.92 Å². The summed E-state index contributed by atoms with van der Waals surface area (Å²) in [5.74, 6) is 1.82. The number of para-hydroxylation sites is 1. The van der Waals surface area contributed by atoms with Crippen molar-refractivity contribution in [3.05, 3.63) is 29.3 Å². The van der Waals surface area contributed by atoms with Gasteiger partial charge in [0.1, 0.15) is 5.75 Å². The minimum atomic E-state index is 0.695. The van der Waals surface area contributed by atoms with Crippen molar-refractivity contribution in [2.75, 3.05) is 13.2 Å². The number of benzene rings is 1. The quantitative estimate of drug-likeness (QED) is 0.840. The molecule has 16 heavy (non-hydrogen) atoms. The van der Waals surface area contributed by atoms with Gasteiger partial charge >= 0.3 is 0 Å². The van der Waals surface area contributed by atoms with E-state index in [4.69, 9.17) is 4.74 Å². The average molecular weight is 219 g/mol. The molecular weight excluding hydrogens is 198 g/mol. The van der Waals surface area contributed by atoms with Gasteiger partial charge in [0.2, 0.25) is 0 Å². The van der Waals surface area contributed by atoms with Gasteiger partial charge in [-0.3, -0.25) is 0 Å². The van der Waals surface area contributed by atoms with E-state index in [-0.39, 0.29) is 0 Å². The molecule has 1 aliphatic heterocycles. The zero-order valence-corrected chi connectivity index (χ0v) is 10.3. The third-order valence-electron chi connectivity index (χ3n) is 2.88. The molecule has 1 aliphatic rings. The van der Waals surface area contributed by atoms with Crippen LogP contribution in [0.2, 0.25) is 0 Å². The second-order valence-electron chi connectivity index (χ2n) is 4.88. The van der Waals surface area contributed by atoms with E-state index in [1.54, 1.807) is 0 Å². The molecule has 0 bridgehead atoms. The second-order valence-corrected chi connectivity index (χ2v) is 4.88. The van der Waals surface area contributed by atoms with Gasteiger partial charge in [-0.15, -0.1) is 0 Å². The van der Waals surface area contributed by atoms with Crippen molar-refractivity contribution in [3.8, 4) is 5.75 Å². The molecule has 0 radical (unpaired) electrons. The predicted octanol–water partition coefficient (Wildman–Crippen LogP) is 2.76. The van der Waals surface area contributed by atoms with E-state index in [2.05, 4.69) is 37.4 Å². The Morgan fingerprint density at radius 2 is 2.25 bits per heavy atom. The van der Waals surface area contributed by atoms with Crippen LogP contribution in [0.3, 0.4) is 0 Å². The van der Waals surface area contributed by atoms with Gasteiger partial charge in [0.25, 0.3) is 0 Å². The van der Waals surface area contributed by atoms with Gasteiger partial charge in [-0.05, 0) is 30.9 Å². The van der Waals surface area contributed by atoms with Gasteiger partial charge in [0.15, 0.2) is 0 Å². The van der Waals surface area contributed by atoms with Gasteiger partial charge in [-0.1, -0.05) is 32.0 Å². The van der Waals surface area contributed by atoms with Crippen molar-refractivity contribution in [1.82, 2.24) is 5.32 Å². The van der Waals surface area contributed by atoms with Crippen LogP contribution in [0.25, 0.3) is 0 Å². The minimum Gasteiger partial charge on any atom is -0.493 e. The smallest absolute Gasteiger partial charge is 0.126 e. The van der Waals surface area contributed by atoms with Gasteiger partial charge in [0, 0.05) is 12.1 Å². The molecule has 1 aromatic carbocycles. The normalized spacial score (nSPS) is 14.7. The highest BCUT2D eigenvalue weighted by Crippen LogP contribution is 2.28. The van der Waals surface area contributed by atoms with E-state index in [9.17, 15) is 0 Å². The fourth-order valence-corrected chi connectivity index (χ4v) is 2.09. The molecule has 0 saturated heterocycles. The molecule has 0 unspecified atom stereocenters. The first-order valence-electron chi connectivity index (χ1n) is 6.21. The van der Waals surface area contributed by atoms with Crippen LogP contribution < -0.4 is 10.1 Å². The molecule has 0 aliphatic carbocycles. The minimum absolute atomic E-state index is 0.695. The lowest BCUT2D eigenvalue weighted by molar-refractivity contribution is 0.284. The summed E-state index contributed by atoms with van der Waals surface area (Å²) >= 11 is 0. The maximum atomic E-state index is 5.77. The van der Waals surface area contributed by atoms with Crippen LogP contribution in [0.5, 0.6) is 5.75 Å². The molecule has 2 heteroatoms. The Hall–Kier alpha value is -1.02.